The normalized spacial score (nSPS) is 12.6. The van der Waals surface area contributed by atoms with E-state index >= 15 is 0 Å². The number of nitrogens with zero attached hydrogens (tertiary/aromatic N) is 1. The Bertz CT molecular complexity index is 444. The van der Waals surface area contributed by atoms with Gasteiger partial charge in [0.2, 0.25) is 0 Å². The number of aromatic nitrogens is 1. The molecule has 1 atom stereocenters. The zero-order chi connectivity index (χ0) is 11.4. The van der Waals surface area contributed by atoms with Crippen molar-refractivity contribution in [2.24, 2.45) is 5.73 Å². The molecule has 0 amide bonds. The molecule has 0 spiro atoms. The van der Waals surface area contributed by atoms with Crippen molar-refractivity contribution in [2.75, 3.05) is 6.54 Å². The van der Waals surface area contributed by atoms with E-state index in [1.807, 2.05) is 18.2 Å². The first-order valence-electron chi connectivity index (χ1n) is 4.81. The summed E-state index contributed by atoms with van der Waals surface area (Å²) in [4.78, 5) is 5.58. The van der Waals surface area contributed by atoms with Gasteiger partial charge in [0.15, 0.2) is 0 Å². The Morgan fingerprint density at radius 1 is 1.50 bits per heavy atom. The van der Waals surface area contributed by atoms with Gasteiger partial charge in [-0.05, 0) is 34.1 Å². The van der Waals surface area contributed by atoms with Crippen molar-refractivity contribution in [3.05, 3.63) is 45.2 Å². The van der Waals surface area contributed by atoms with Crippen LogP contribution in [0.1, 0.15) is 10.1 Å². The lowest BCUT2D eigenvalue weighted by atomic mass is 10.3. The van der Waals surface area contributed by atoms with Crippen molar-refractivity contribution >= 4 is 39.0 Å². The van der Waals surface area contributed by atoms with Crippen molar-refractivity contribution in [2.45, 2.75) is 10.3 Å². The number of hydrogen-bond acceptors (Lipinski definition) is 4. The fourth-order valence-corrected chi connectivity index (χ4v) is 3.88. The van der Waals surface area contributed by atoms with Crippen molar-refractivity contribution in [1.29, 1.82) is 0 Å². The van der Waals surface area contributed by atoms with Crippen LogP contribution in [0.25, 0.3) is 0 Å². The molecule has 2 heterocycles. The van der Waals surface area contributed by atoms with Gasteiger partial charge in [0, 0.05) is 27.5 Å². The van der Waals surface area contributed by atoms with Gasteiger partial charge < -0.3 is 5.73 Å². The van der Waals surface area contributed by atoms with Crippen LogP contribution in [0.4, 0.5) is 0 Å². The lowest BCUT2D eigenvalue weighted by molar-refractivity contribution is 0.952. The Kier molecular flexibility index (Phi) is 4.40. The number of pyridine rings is 1. The van der Waals surface area contributed by atoms with E-state index in [2.05, 4.69) is 32.4 Å². The molecule has 5 heteroatoms. The average Bonchev–Trinajstić information content (AvgIpc) is 2.74. The van der Waals surface area contributed by atoms with E-state index in [-0.39, 0.29) is 5.25 Å². The number of thioether (sulfide) groups is 1. The van der Waals surface area contributed by atoms with Crippen LogP contribution >= 0.6 is 39.0 Å². The molecule has 0 saturated heterocycles. The first kappa shape index (κ1) is 12.1. The number of hydrogen-bond donors (Lipinski definition) is 1. The van der Waals surface area contributed by atoms with Gasteiger partial charge >= 0.3 is 0 Å². The molecule has 16 heavy (non-hydrogen) atoms. The van der Waals surface area contributed by atoms with E-state index in [4.69, 9.17) is 5.73 Å². The Hall–Kier alpha value is -0.360. The maximum atomic E-state index is 5.80. The summed E-state index contributed by atoms with van der Waals surface area (Å²) in [6.45, 7) is 0.619. The Labute approximate surface area is 111 Å². The highest BCUT2D eigenvalue weighted by Crippen LogP contribution is 2.37. The predicted octanol–water partition coefficient (Wildman–Crippen LogP) is 3.70. The zero-order valence-corrected chi connectivity index (χ0v) is 11.7. The van der Waals surface area contributed by atoms with E-state index < -0.39 is 0 Å². The average molecular weight is 315 g/mol. The number of thiophene rings is 1. The maximum Gasteiger partial charge on any atom is 0.0966 e. The number of halogens is 1. The molecule has 0 radical (unpaired) electrons. The van der Waals surface area contributed by atoms with Gasteiger partial charge in [0.1, 0.15) is 0 Å². The van der Waals surface area contributed by atoms with Gasteiger partial charge in [-0.25, -0.2) is 4.98 Å². The summed E-state index contributed by atoms with van der Waals surface area (Å²) in [5.74, 6) is 0. The van der Waals surface area contributed by atoms with Crippen molar-refractivity contribution in [1.82, 2.24) is 4.98 Å². The molecule has 0 saturated carbocycles. The molecule has 2 aromatic heterocycles. The second-order valence-corrected chi connectivity index (χ2v) is 6.26. The standard InChI is InChI=1S/C11H11BrN2S2/c12-8-5-9(15-7-8)10(6-13)16-11-3-1-2-4-14-11/h1-5,7,10H,6,13H2. The fourth-order valence-electron chi connectivity index (χ4n) is 1.28. The van der Waals surface area contributed by atoms with Gasteiger partial charge in [-0.3, -0.25) is 0 Å². The molecule has 0 fully saturated rings. The zero-order valence-electron chi connectivity index (χ0n) is 8.47. The van der Waals surface area contributed by atoms with Crippen LogP contribution in [0.3, 0.4) is 0 Å². The van der Waals surface area contributed by atoms with Crippen LogP contribution < -0.4 is 5.73 Å². The van der Waals surface area contributed by atoms with Crippen LogP contribution in [0.2, 0.25) is 0 Å². The highest BCUT2D eigenvalue weighted by atomic mass is 79.9. The molecule has 2 rings (SSSR count). The Balaban J connectivity index is 2.12. The summed E-state index contributed by atoms with van der Waals surface area (Å²) in [5, 5.41) is 3.38. The molecule has 0 aliphatic heterocycles. The van der Waals surface area contributed by atoms with E-state index in [9.17, 15) is 0 Å². The smallest absolute Gasteiger partial charge is 0.0966 e. The third kappa shape index (κ3) is 3.07. The third-order valence-corrected chi connectivity index (χ3v) is 5.19. The van der Waals surface area contributed by atoms with E-state index in [0.29, 0.717) is 6.54 Å². The minimum atomic E-state index is 0.284. The molecule has 2 N–H and O–H groups in total. The van der Waals surface area contributed by atoms with Crippen molar-refractivity contribution < 1.29 is 0 Å². The first-order valence-corrected chi connectivity index (χ1v) is 7.36. The Morgan fingerprint density at radius 2 is 2.38 bits per heavy atom. The van der Waals surface area contributed by atoms with Crippen molar-refractivity contribution in [3.8, 4) is 0 Å². The number of nitrogens with two attached hydrogens (primary N) is 1. The van der Waals surface area contributed by atoms with E-state index in [0.717, 1.165) is 9.50 Å². The van der Waals surface area contributed by atoms with Gasteiger partial charge in [0.05, 0.1) is 10.3 Å². The van der Waals surface area contributed by atoms with Crippen LogP contribution in [-0.2, 0) is 0 Å². The summed E-state index contributed by atoms with van der Waals surface area (Å²) < 4.78 is 1.12. The second-order valence-electron chi connectivity index (χ2n) is 3.18. The van der Waals surface area contributed by atoms with E-state index in [1.54, 1.807) is 29.3 Å². The molecule has 0 aromatic carbocycles. The van der Waals surface area contributed by atoms with Gasteiger partial charge in [-0.2, -0.15) is 0 Å². The van der Waals surface area contributed by atoms with Gasteiger partial charge in [0.25, 0.3) is 0 Å². The topological polar surface area (TPSA) is 38.9 Å². The fraction of sp³-hybridized carbons (Fsp3) is 0.182. The van der Waals surface area contributed by atoms with Gasteiger partial charge in [-0.1, -0.05) is 17.8 Å². The molecular weight excluding hydrogens is 304 g/mol. The highest BCUT2D eigenvalue weighted by Gasteiger charge is 2.13. The summed E-state index contributed by atoms with van der Waals surface area (Å²) in [6, 6.07) is 8.05. The van der Waals surface area contributed by atoms with Crippen LogP contribution in [0.15, 0.2) is 45.3 Å². The second kappa shape index (κ2) is 5.82. The summed E-state index contributed by atoms with van der Waals surface area (Å²) >= 11 is 6.89. The molecule has 1 unspecified atom stereocenters. The summed E-state index contributed by atoms with van der Waals surface area (Å²) in [6.07, 6.45) is 1.81. The minimum Gasteiger partial charge on any atom is -0.329 e. The lowest BCUT2D eigenvalue weighted by Gasteiger charge is -2.11. The molecule has 84 valence electrons. The van der Waals surface area contributed by atoms with Crippen LogP contribution in [0, 0.1) is 0 Å². The monoisotopic (exact) mass is 314 g/mol. The molecule has 0 bridgehead atoms. The highest BCUT2D eigenvalue weighted by molar-refractivity contribution is 9.10. The molecule has 0 aliphatic rings. The molecule has 0 aliphatic carbocycles. The van der Waals surface area contributed by atoms with Gasteiger partial charge in [-0.15, -0.1) is 11.3 Å². The van der Waals surface area contributed by atoms with E-state index in [1.165, 1.54) is 4.88 Å². The molecular formula is C11H11BrN2S2. The Morgan fingerprint density at radius 3 is 2.94 bits per heavy atom. The largest absolute Gasteiger partial charge is 0.329 e. The first-order chi connectivity index (χ1) is 7.79. The third-order valence-electron chi connectivity index (χ3n) is 2.02. The SMILES string of the molecule is NCC(Sc1ccccn1)c1cc(Br)cs1. The minimum absolute atomic E-state index is 0.284. The maximum absolute atomic E-state index is 5.80. The predicted molar refractivity (Wildman–Crippen MR) is 73.9 cm³/mol. The van der Waals surface area contributed by atoms with Crippen LogP contribution in [0.5, 0.6) is 0 Å². The summed E-state index contributed by atoms with van der Waals surface area (Å²) in [7, 11) is 0. The quantitative estimate of drug-likeness (QED) is 0.875. The molecule has 2 nitrogen and oxygen atoms in total. The van der Waals surface area contributed by atoms with Crippen LogP contribution in [-0.4, -0.2) is 11.5 Å². The van der Waals surface area contributed by atoms with Crippen molar-refractivity contribution in [3.63, 3.8) is 0 Å². The molecule has 2 aromatic rings. The lowest BCUT2D eigenvalue weighted by Crippen LogP contribution is -2.08. The number of rotatable bonds is 4. The summed E-state index contributed by atoms with van der Waals surface area (Å²) in [5.41, 5.74) is 5.80.